The monoisotopic (exact) mass is 314 g/mol. The normalized spacial score (nSPS) is 11.4. The first-order valence-electron chi connectivity index (χ1n) is 5.86. The third kappa shape index (κ3) is 3.70. The number of nitrogens with zero attached hydrogens (tertiary/aromatic N) is 2. The molecule has 0 unspecified atom stereocenters. The van der Waals surface area contributed by atoms with Crippen LogP contribution in [0, 0.1) is 11.6 Å². The molecule has 0 radical (unpaired) electrons. The molecule has 0 aliphatic carbocycles. The summed E-state index contributed by atoms with van der Waals surface area (Å²) in [6, 6.07) is 2.82. The Kier molecular flexibility index (Phi) is 4.43. The summed E-state index contributed by atoms with van der Waals surface area (Å²) >= 11 is 0. The lowest BCUT2D eigenvalue weighted by Crippen LogP contribution is -2.24. The lowest BCUT2D eigenvalue weighted by Gasteiger charge is -2.07. The predicted molar refractivity (Wildman–Crippen MR) is 72.0 cm³/mol. The Bertz CT molecular complexity index is 735. The van der Waals surface area contributed by atoms with Gasteiger partial charge in [-0.05, 0) is 18.2 Å². The van der Waals surface area contributed by atoms with Gasteiger partial charge in [-0.25, -0.2) is 31.9 Å². The Labute approximate surface area is 120 Å². The maximum atomic E-state index is 13.4. The van der Waals surface area contributed by atoms with Crippen LogP contribution in [0.4, 0.5) is 14.7 Å². The molecule has 0 saturated carbocycles. The van der Waals surface area contributed by atoms with E-state index < -0.39 is 21.7 Å². The quantitative estimate of drug-likeness (QED) is 0.868. The van der Waals surface area contributed by atoms with Crippen molar-refractivity contribution < 1.29 is 17.2 Å². The van der Waals surface area contributed by atoms with E-state index in [9.17, 15) is 17.2 Å². The smallest absolute Gasteiger partial charge is 0.243 e. The molecule has 0 aliphatic rings. The molecule has 0 amide bonds. The van der Waals surface area contributed by atoms with Crippen LogP contribution in [0.2, 0.25) is 0 Å². The predicted octanol–water partition coefficient (Wildman–Crippen LogP) is 1.27. The zero-order valence-corrected chi connectivity index (χ0v) is 11.8. The molecule has 1 aromatic carbocycles. The van der Waals surface area contributed by atoms with Gasteiger partial charge in [0, 0.05) is 19.2 Å². The second kappa shape index (κ2) is 6.10. The number of rotatable bonds is 5. The molecular weight excluding hydrogens is 302 g/mol. The van der Waals surface area contributed by atoms with Crippen LogP contribution in [0.1, 0.15) is 5.56 Å². The molecule has 21 heavy (non-hydrogen) atoms. The molecule has 112 valence electrons. The van der Waals surface area contributed by atoms with Crippen LogP contribution in [-0.2, 0) is 16.6 Å². The van der Waals surface area contributed by atoms with E-state index in [0.29, 0.717) is 0 Å². The van der Waals surface area contributed by atoms with Gasteiger partial charge in [0.25, 0.3) is 0 Å². The van der Waals surface area contributed by atoms with Crippen molar-refractivity contribution in [3.05, 3.63) is 47.8 Å². The van der Waals surface area contributed by atoms with Gasteiger partial charge >= 0.3 is 0 Å². The Hall–Kier alpha value is -2.13. The summed E-state index contributed by atoms with van der Waals surface area (Å²) in [5, 5.41) is 2.65. The number of nitrogens with one attached hydrogen (secondary N) is 2. The fourth-order valence-corrected chi connectivity index (χ4v) is 2.41. The Morgan fingerprint density at radius 3 is 2.48 bits per heavy atom. The second-order valence-corrected chi connectivity index (χ2v) is 5.82. The van der Waals surface area contributed by atoms with Crippen molar-refractivity contribution >= 4 is 16.0 Å². The van der Waals surface area contributed by atoms with Gasteiger partial charge in [0.2, 0.25) is 16.0 Å². The summed E-state index contributed by atoms with van der Waals surface area (Å²) in [4.78, 5) is 7.38. The van der Waals surface area contributed by atoms with Gasteiger partial charge < -0.3 is 5.32 Å². The number of aromatic nitrogens is 2. The molecule has 0 fully saturated rings. The minimum Gasteiger partial charge on any atom is -0.357 e. The Balaban J connectivity index is 2.15. The molecular formula is C12H12F2N4O2S. The maximum absolute atomic E-state index is 13.4. The average molecular weight is 314 g/mol. The van der Waals surface area contributed by atoms with E-state index in [-0.39, 0.29) is 23.0 Å². The zero-order valence-electron chi connectivity index (χ0n) is 11.0. The van der Waals surface area contributed by atoms with Gasteiger partial charge in [0.1, 0.15) is 16.5 Å². The first-order valence-corrected chi connectivity index (χ1v) is 7.34. The third-order valence-corrected chi connectivity index (χ3v) is 3.98. The molecule has 1 aromatic heterocycles. The molecule has 0 saturated heterocycles. The van der Waals surface area contributed by atoms with E-state index in [1.807, 2.05) is 0 Å². The van der Waals surface area contributed by atoms with Gasteiger partial charge in [-0.3, -0.25) is 0 Å². The van der Waals surface area contributed by atoms with Crippen molar-refractivity contribution in [3.63, 3.8) is 0 Å². The topological polar surface area (TPSA) is 84.0 Å². The highest BCUT2D eigenvalue weighted by Gasteiger charge is 2.16. The molecule has 2 N–H and O–H groups in total. The summed E-state index contributed by atoms with van der Waals surface area (Å²) in [5.74, 6) is -1.07. The number of anilines is 1. The van der Waals surface area contributed by atoms with Crippen LogP contribution in [-0.4, -0.2) is 25.4 Å². The molecule has 0 atom stereocenters. The van der Waals surface area contributed by atoms with E-state index >= 15 is 0 Å². The summed E-state index contributed by atoms with van der Waals surface area (Å²) < 4.78 is 52.5. The minimum atomic E-state index is -3.90. The molecule has 2 rings (SSSR count). The van der Waals surface area contributed by atoms with Crippen LogP contribution in [0.5, 0.6) is 0 Å². The molecule has 2 aromatic rings. The lowest BCUT2D eigenvalue weighted by molar-refractivity contribution is 0.566. The van der Waals surface area contributed by atoms with Crippen LogP contribution in [0.25, 0.3) is 0 Å². The second-order valence-electron chi connectivity index (χ2n) is 4.05. The number of hydrogen-bond donors (Lipinski definition) is 2. The van der Waals surface area contributed by atoms with E-state index in [1.165, 1.54) is 0 Å². The molecule has 6 nitrogen and oxygen atoms in total. The van der Waals surface area contributed by atoms with Gasteiger partial charge in [0.05, 0.1) is 12.4 Å². The zero-order chi connectivity index (χ0) is 15.5. The molecule has 1 heterocycles. The Morgan fingerprint density at radius 2 is 1.86 bits per heavy atom. The highest BCUT2D eigenvalue weighted by atomic mass is 32.2. The lowest BCUT2D eigenvalue weighted by atomic mass is 10.2. The van der Waals surface area contributed by atoms with Crippen molar-refractivity contribution in [2.75, 3.05) is 12.4 Å². The highest BCUT2D eigenvalue weighted by molar-refractivity contribution is 7.89. The van der Waals surface area contributed by atoms with Crippen molar-refractivity contribution in [1.29, 1.82) is 0 Å². The van der Waals surface area contributed by atoms with Gasteiger partial charge in [-0.1, -0.05) is 0 Å². The fourth-order valence-electron chi connectivity index (χ4n) is 1.52. The summed E-state index contributed by atoms with van der Waals surface area (Å²) in [5.41, 5.74) is -0.0914. The van der Waals surface area contributed by atoms with Crippen LogP contribution < -0.4 is 10.0 Å². The first-order chi connectivity index (χ1) is 9.92. The minimum absolute atomic E-state index is 0.0914. The van der Waals surface area contributed by atoms with E-state index in [1.54, 1.807) is 7.05 Å². The summed E-state index contributed by atoms with van der Waals surface area (Å²) in [6.45, 7) is -0.375. The van der Waals surface area contributed by atoms with E-state index in [0.717, 1.165) is 30.6 Å². The van der Waals surface area contributed by atoms with E-state index in [4.69, 9.17) is 0 Å². The number of halogens is 2. The molecule has 0 spiro atoms. The summed E-state index contributed by atoms with van der Waals surface area (Å²) in [6.07, 6.45) is 2.23. The average Bonchev–Trinajstić information content (AvgIpc) is 2.48. The van der Waals surface area contributed by atoms with E-state index in [2.05, 4.69) is 20.0 Å². The van der Waals surface area contributed by atoms with Crippen LogP contribution >= 0.6 is 0 Å². The van der Waals surface area contributed by atoms with Gasteiger partial charge in [0.15, 0.2) is 0 Å². The third-order valence-electron chi connectivity index (χ3n) is 2.62. The van der Waals surface area contributed by atoms with Crippen molar-refractivity contribution in [2.24, 2.45) is 0 Å². The molecule has 9 heteroatoms. The molecule has 0 bridgehead atoms. The van der Waals surface area contributed by atoms with Crippen molar-refractivity contribution in [1.82, 2.24) is 14.7 Å². The van der Waals surface area contributed by atoms with Crippen molar-refractivity contribution in [2.45, 2.75) is 11.4 Å². The standard InChI is InChI=1S/C12H12F2N4O2S/c1-15-12-16-6-10(7-17-12)21(19,20)18-5-8-4-9(13)2-3-11(8)14/h2-4,6-7,18H,5H2,1H3,(H,15,16,17). The number of sulfonamides is 1. The number of hydrogen-bond acceptors (Lipinski definition) is 5. The summed E-state index contributed by atoms with van der Waals surface area (Å²) in [7, 11) is -2.31. The van der Waals surface area contributed by atoms with Gasteiger partial charge in [-0.2, -0.15) is 0 Å². The van der Waals surface area contributed by atoms with Gasteiger partial charge in [-0.15, -0.1) is 0 Å². The largest absolute Gasteiger partial charge is 0.357 e. The fraction of sp³-hybridized carbons (Fsp3) is 0.167. The molecule has 0 aliphatic heterocycles. The van der Waals surface area contributed by atoms with Crippen LogP contribution in [0.3, 0.4) is 0 Å². The number of benzene rings is 1. The van der Waals surface area contributed by atoms with Crippen LogP contribution in [0.15, 0.2) is 35.5 Å². The Morgan fingerprint density at radius 1 is 1.19 bits per heavy atom. The first kappa shape index (κ1) is 15.3. The SMILES string of the molecule is CNc1ncc(S(=O)(=O)NCc2cc(F)ccc2F)cn1. The highest BCUT2D eigenvalue weighted by Crippen LogP contribution is 2.12. The maximum Gasteiger partial charge on any atom is 0.243 e. The van der Waals surface area contributed by atoms with Crippen molar-refractivity contribution in [3.8, 4) is 0 Å².